The predicted octanol–water partition coefficient (Wildman–Crippen LogP) is 3.98. The normalized spacial score (nSPS) is 20.0. The molecule has 1 saturated carbocycles. The fourth-order valence-corrected chi connectivity index (χ4v) is 5.78. The van der Waals surface area contributed by atoms with Crippen molar-refractivity contribution in [1.29, 1.82) is 0 Å². The average molecular weight is 537 g/mol. The lowest BCUT2D eigenvalue weighted by Crippen LogP contribution is -2.49. The Bertz CT molecular complexity index is 1610. The van der Waals surface area contributed by atoms with Gasteiger partial charge in [-0.05, 0) is 48.9 Å². The molecule has 0 bridgehead atoms. The van der Waals surface area contributed by atoms with Crippen LogP contribution in [0.4, 0.5) is 13.2 Å². The van der Waals surface area contributed by atoms with Crippen LogP contribution in [0.15, 0.2) is 53.6 Å². The number of aromatic nitrogens is 4. The van der Waals surface area contributed by atoms with Crippen molar-refractivity contribution in [1.82, 2.24) is 29.3 Å². The van der Waals surface area contributed by atoms with E-state index in [-0.39, 0.29) is 22.7 Å². The van der Waals surface area contributed by atoms with Crippen LogP contribution in [0, 0.1) is 5.41 Å². The van der Waals surface area contributed by atoms with E-state index in [4.69, 9.17) is 4.52 Å². The van der Waals surface area contributed by atoms with Crippen LogP contribution in [0.5, 0.6) is 0 Å². The molecule has 200 valence electrons. The standard InChI is InChI=1S/C27H23F3N6O3/c28-27(29,30)17-3-9-34-14-19(32-22(34)11-17)24(37)36-15-26(5-6-26)12-20(36)25(38)35-10-4-21-18(13-35)23(33-39-21)16-1-7-31-8-2-16/h1-3,7-9,11,14,20H,4-6,10,12-13,15H2/t20-/m1/s1. The van der Waals surface area contributed by atoms with Crippen molar-refractivity contribution < 1.29 is 27.3 Å². The first kappa shape index (κ1) is 23.9. The summed E-state index contributed by atoms with van der Waals surface area (Å²) in [6.07, 6.45) is 4.42. The van der Waals surface area contributed by atoms with E-state index in [1.807, 2.05) is 12.1 Å². The second-order valence-electron chi connectivity index (χ2n) is 10.6. The van der Waals surface area contributed by atoms with Gasteiger partial charge in [-0.1, -0.05) is 5.16 Å². The topological polar surface area (TPSA) is 96.8 Å². The van der Waals surface area contributed by atoms with Crippen LogP contribution in [-0.2, 0) is 23.9 Å². The number of fused-ring (bicyclic) bond motifs is 2. The van der Waals surface area contributed by atoms with Gasteiger partial charge >= 0.3 is 6.18 Å². The van der Waals surface area contributed by atoms with Crippen molar-refractivity contribution in [3.8, 4) is 11.3 Å². The molecule has 0 N–H and O–H groups in total. The first-order chi connectivity index (χ1) is 18.7. The van der Waals surface area contributed by atoms with E-state index < -0.39 is 23.7 Å². The minimum atomic E-state index is -4.52. The zero-order valence-corrected chi connectivity index (χ0v) is 20.7. The Morgan fingerprint density at radius 3 is 2.67 bits per heavy atom. The van der Waals surface area contributed by atoms with Crippen molar-refractivity contribution in [3.63, 3.8) is 0 Å². The molecule has 12 heteroatoms. The van der Waals surface area contributed by atoms with E-state index in [9.17, 15) is 22.8 Å². The monoisotopic (exact) mass is 536 g/mol. The minimum Gasteiger partial charge on any atom is -0.360 e. The van der Waals surface area contributed by atoms with Gasteiger partial charge in [0.25, 0.3) is 5.91 Å². The molecule has 4 aromatic heterocycles. The van der Waals surface area contributed by atoms with E-state index in [1.54, 1.807) is 22.2 Å². The molecule has 3 aliphatic rings. The third-order valence-electron chi connectivity index (χ3n) is 8.11. The summed E-state index contributed by atoms with van der Waals surface area (Å²) >= 11 is 0. The summed E-state index contributed by atoms with van der Waals surface area (Å²) in [5, 5.41) is 4.23. The van der Waals surface area contributed by atoms with Crippen LogP contribution < -0.4 is 0 Å². The lowest BCUT2D eigenvalue weighted by atomic mass is 9.99. The molecule has 1 aliphatic carbocycles. The number of rotatable bonds is 3. The fraction of sp³-hybridized carbons (Fsp3) is 0.370. The smallest absolute Gasteiger partial charge is 0.360 e. The Morgan fingerprint density at radius 1 is 1.13 bits per heavy atom. The molecule has 0 aromatic carbocycles. The highest BCUT2D eigenvalue weighted by molar-refractivity contribution is 5.97. The number of nitrogens with zero attached hydrogens (tertiary/aromatic N) is 6. The number of hydrogen-bond donors (Lipinski definition) is 0. The fourth-order valence-electron chi connectivity index (χ4n) is 5.78. The maximum absolute atomic E-state index is 13.9. The molecule has 1 saturated heterocycles. The zero-order chi connectivity index (χ0) is 26.9. The molecule has 2 aliphatic heterocycles. The van der Waals surface area contributed by atoms with E-state index >= 15 is 0 Å². The zero-order valence-electron chi connectivity index (χ0n) is 20.7. The number of carbonyl (C=O) groups excluding carboxylic acids is 2. The van der Waals surface area contributed by atoms with Crippen LogP contribution in [0.2, 0.25) is 0 Å². The summed E-state index contributed by atoms with van der Waals surface area (Å²) in [5.41, 5.74) is 1.48. The molecule has 1 spiro atoms. The largest absolute Gasteiger partial charge is 0.416 e. The Morgan fingerprint density at radius 2 is 1.92 bits per heavy atom. The first-order valence-corrected chi connectivity index (χ1v) is 12.7. The van der Waals surface area contributed by atoms with Crippen molar-refractivity contribution in [2.75, 3.05) is 13.1 Å². The van der Waals surface area contributed by atoms with Crippen molar-refractivity contribution in [2.45, 2.75) is 44.4 Å². The summed E-state index contributed by atoms with van der Waals surface area (Å²) in [6.45, 7) is 1.19. The van der Waals surface area contributed by atoms with Gasteiger partial charge in [-0.3, -0.25) is 14.6 Å². The molecule has 1 atom stereocenters. The number of alkyl halides is 3. The third kappa shape index (κ3) is 4.05. The van der Waals surface area contributed by atoms with E-state index in [1.165, 1.54) is 16.8 Å². The molecule has 7 rings (SSSR count). The molecular formula is C27H23F3N6O3. The molecule has 39 heavy (non-hydrogen) atoms. The van der Waals surface area contributed by atoms with E-state index in [0.29, 0.717) is 38.2 Å². The van der Waals surface area contributed by atoms with Crippen molar-refractivity contribution in [2.24, 2.45) is 5.41 Å². The molecule has 6 heterocycles. The predicted molar refractivity (Wildman–Crippen MR) is 130 cm³/mol. The van der Waals surface area contributed by atoms with Crippen LogP contribution in [0.3, 0.4) is 0 Å². The maximum Gasteiger partial charge on any atom is 0.416 e. The number of pyridine rings is 2. The maximum atomic E-state index is 13.9. The lowest BCUT2D eigenvalue weighted by Gasteiger charge is -2.32. The molecule has 9 nitrogen and oxygen atoms in total. The van der Waals surface area contributed by atoms with Crippen LogP contribution >= 0.6 is 0 Å². The second-order valence-corrected chi connectivity index (χ2v) is 10.6. The molecule has 2 amide bonds. The third-order valence-corrected chi connectivity index (χ3v) is 8.11. The first-order valence-electron chi connectivity index (χ1n) is 12.7. The molecule has 2 fully saturated rings. The Hall–Kier alpha value is -4.22. The number of imidazole rings is 1. The van der Waals surface area contributed by atoms with Gasteiger partial charge in [0.1, 0.15) is 28.8 Å². The Balaban J connectivity index is 1.16. The second kappa shape index (κ2) is 8.39. The summed E-state index contributed by atoms with van der Waals surface area (Å²) in [7, 11) is 0. The van der Waals surface area contributed by atoms with Gasteiger partial charge < -0.3 is 18.7 Å². The van der Waals surface area contributed by atoms with Crippen LogP contribution in [-0.4, -0.2) is 60.3 Å². The van der Waals surface area contributed by atoms with E-state index in [2.05, 4.69) is 15.1 Å². The number of hydrogen-bond acceptors (Lipinski definition) is 6. The summed E-state index contributed by atoms with van der Waals surface area (Å²) in [6, 6.07) is 4.86. The van der Waals surface area contributed by atoms with Gasteiger partial charge in [-0.25, -0.2) is 4.98 Å². The Labute approximate surface area is 220 Å². The van der Waals surface area contributed by atoms with E-state index in [0.717, 1.165) is 41.9 Å². The number of halogens is 3. The highest BCUT2D eigenvalue weighted by Gasteiger charge is 2.56. The number of amides is 2. The lowest BCUT2D eigenvalue weighted by molar-refractivity contribution is -0.137. The van der Waals surface area contributed by atoms with Crippen LogP contribution in [0.1, 0.15) is 46.6 Å². The number of carbonyl (C=O) groups is 2. The van der Waals surface area contributed by atoms with Crippen LogP contribution in [0.25, 0.3) is 16.9 Å². The molecular weight excluding hydrogens is 513 g/mol. The summed E-state index contributed by atoms with van der Waals surface area (Å²) in [4.78, 5) is 39.1. The van der Waals surface area contributed by atoms with Gasteiger partial charge in [0.2, 0.25) is 5.91 Å². The average Bonchev–Trinajstić information content (AvgIpc) is 3.26. The van der Waals surface area contributed by atoms with Crippen molar-refractivity contribution in [3.05, 3.63) is 71.6 Å². The summed E-state index contributed by atoms with van der Waals surface area (Å²) < 4.78 is 46.4. The molecule has 4 aromatic rings. The van der Waals surface area contributed by atoms with Gasteiger partial charge in [-0.2, -0.15) is 13.2 Å². The summed E-state index contributed by atoms with van der Waals surface area (Å²) in [5.74, 6) is 0.143. The quantitative estimate of drug-likeness (QED) is 0.393. The van der Waals surface area contributed by atoms with Gasteiger partial charge in [0.15, 0.2) is 0 Å². The van der Waals surface area contributed by atoms with Gasteiger partial charge in [0.05, 0.1) is 12.1 Å². The number of likely N-dealkylation sites (tertiary alicyclic amines) is 1. The Kier molecular flexibility index (Phi) is 5.13. The molecule has 0 unspecified atom stereocenters. The molecule has 0 radical (unpaired) electrons. The minimum absolute atomic E-state index is 0.0183. The SMILES string of the molecule is O=C([C@H]1CC2(CC2)CN1C(=O)c1cn2ccc(C(F)(F)F)cc2n1)N1CCc2onc(-c3ccncc3)c2C1. The van der Waals surface area contributed by atoms with Gasteiger partial charge in [0, 0.05) is 55.4 Å². The van der Waals surface area contributed by atoms with Gasteiger partial charge in [-0.15, -0.1) is 0 Å². The van der Waals surface area contributed by atoms with Crippen molar-refractivity contribution >= 4 is 17.5 Å². The highest BCUT2D eigenvalue weighted by Crippen LogP contribution is 2.55. The highest BCUT2D eigenvalue weighted by atomic mass is 19.4.